The molecular weight excluding hydrogens is 348 g/mol. The van der Waals surface area contributed by atoms with Crippen molar-refractivity contribution >= 4 is 34.7 Å². The van der Waals surface area contributed by atoms with Gasteiger partial charge in [0.1, 0.15) is 0 Å². The first-order valence-corrected chi connectivity index (χ1v) is 8.52. The molecule has 0 spiro atoms. The fraction of sp³-hybridized carbons (Fsp3) is 0.100. The van der Waals surface area contributed by atoms with Crippen LogP contribution in [0, 0.1) is 6.92 Å². The van der Waals surface area contributed by atoms with Gasteiger partial charge in [-0.1, -0.05) is 17.7 Å². The number of aliphatic imine (C=N–C) groups is 1. The topological polar surface area (TPSA) is 67.2 Å². The molecule has 0 atom stereocenters. The van der Waals surface area contributed by atoms with Gasteiger partial charge in [0, 0.05) is 46.8 Å². The zero-order valence-corrected chi connectivity index (χ0v) is 14.8. The molecule has 0 saturated heterocycles. The summed E-state index contributed by atoms with van der Waals surface area (Å²) in [7, 11) is 0. The number of hydrogen-bond donors (Lipinski definition) is 1. The minimum atomic E-state index is -0.222. The zero-order valence-electron chi connectivity index (χ0n) is 14.0. The van der Waals surface area contributed by atoms with Gasteiger partial charge in [0.05, 0.1) is 11.3 Å². The third kappa shape index (κ3) is 3.21. The van der Waals surface area contributed by atoms with Crippen molar-refractivity contribution in [1.29, 1.82) is 0 Å². The number of carbonyl (C=O) groups excluding carboxylic acids is 1. The van der Waals surface area contributed by atoms with Crippen molar-refractivity contribution in [2.24, 2.45) is 4.99 Å². The van der Waals surface area contributed by atoms with E-state index < -0.39 is 0 Å². The molecule has 3 aromatic rings. The quantitative estimate of drug-likeness (QED) is 0.752. The summed E-state index contributed by atoms with van der Waals surface area (Å²) in [5, 5.41) is 3.46. The Balaban J connectivity index is 1.61. The third-order valence-electron chi connectivity index (χ3n) is 4.14. The summed E-state index contributed by atoms with van der Waals surface area (Å²) in [5.41, 5.74) is 4.98. The van der Waals surface area contributed by atoms with E-state index in [1.807, 2.05) is 13.0 Å². The second kappa shape index (κ2) is 6.69. The van der Waals surface area contributed by atoms with Gasteiger partial charge in [-0.3, -0.25) is 9.78 Å². The van der Waals surface area contributed by atoms with Crippen molar-refractivity contribution in [2.75, 3.05) is 5.32 Å². The monoisotopic (exact) mass is 362 g/mol. The Bertz CT molecular complexity index is 1030. The predicted molar refractivity (Wildman–Crippen MR) is 103 cm³/mol. The first-order valence-electron chi connectivity index (χ1n) is 8.14. The maximum absolute atomic E-state index is 12.3. The molecule has 4 rings (SSSR count). The molecule has 0 saturated carbocycles. The van der Waals surface area contributed by atoms with Crippen LogP contribution in [0.2, 0.25) is 5.02 Å². The number of halogens is 1. The number of amides is 1. The van der Waals surface area contributed by atoms with Crippen LogP contribution >= 0.6 is 11.6 Å². The smallest absolute Gasteiger partial charge is 0.257 e. The molecule has 0 bridgehead atoms. The van der Waals surface area contributed by atoms with E-state index in [-0.39, 0.29) is 5.91 Å². The molecule has 1 aliphatic heterocycles. The molecule has 0 radical (unpaired) electrons. The van der Waals surface area contributed by atoms with Crippen LogP contribution in [-0.4, -0.2) is 21.6 Å². The Morgan fingerprint density at radius 2 is 2.08 bits per heavy atom. The van der Waals surface area contributed by atoms with Gasteiger partial charge >= 0.3 is 0 Å². The van der Waals surface area contributed by atoms with Crippen molar-refractivity contribution in [3.8, 4) is 0 Å². The first kappa shape index (κ1) is 16.4. The molecule has 1 N–H and O–H groups in total. The van der Waals surface area contributed by atoms with Gasteiger partial charge in [-0.2, -0.15) is 0 Å². The van der Waals surface area contributed by atoms with Gasteiger partial charge in [0.2, 0.25) is 0 Å². The molecule has 1 aromatic carbocycles. The zero-order chi connectivity index (χ0) is 18.1. The largest absolute Gasteiger partial charge is 0.322 e. The summed E-state index contributed by atoms with van der Waals surface area (Å²) in [5.74, 6) is 0.506. The van der Waals surface area contributed by atoms with Gasteiger partial charge in [-0.05, 0) is 42.8 Å². The molecule has 5 nitrogen and oxygen atoms in total. The minimum Gasteiger partial charge on any atom is -0.322 e. The Hall–Kier alpha value is -3.05. The summed E-state index contributed by atoms with van der Waals surface area (Å²) in [6.45, 7) is 2.01. The van der Waals surface area contributed by atoms with E-state index in [0.29, 0.717) is 22.7 Å². The van der Waals surface area contributed by atoms with E-state index in [2.05, 4.69) is 26.3 Å². The molecule has 0 aliphatic carbocycles. The molecule has 2 aromatic heterocycles. The lowest BCUT2D eigenvalue weighted by molar-refractivity contribution is 0.102. The van der Waals surface area contributed by atoms with Gasteiger partial charge in [0.25, 0.3) is 5.91 Å². The summed E-state index contributed by atoms with van der Waals surface area (Å²) < 4.78 is 0. The van der Waals surface area contributed by atoms with Crippen LogP contribution in [0.1, 0.15) is 27.0 Å². The Morgan fingerprint density at radius 1 is 1.19 bits per heavy atom. The number of rotatable bonds is 3. The number of anilines is 1. The van der Waals surface area contributed by atoms with Crippen LogP contribution in [0.3, 0.4) is 0 Å². The maximum Gasteiger partial charge on any atom is 0.257 e. The second-order valence-corrected chi connectivity index (χ2v) is 6.53. The average Bonchev–Trinajstić information content (AvgIpc) is 3.07. The van der Waals surface area contributed by atoms with E-state index in [1.54, 1.807) is 36.7 Å². The minimum absolute atomic E-state index is 0.222. The number of pyridine rings is 2. The van der Waals surface area contributed by atoms with E-state index in [1.165, 1.54) is 6.20 Å². The van der Waals surface area contributed by atoms with Gasteiger partial charge in [0.15, 0.2) is 5.82 Å². The van der Waals surface area contributed by atoms with Crippen molar-refractivity contribution in [1.82, 2.24) is 9.97 Å². The highest BCUT2D eigenvalue weighted by Crippen LogP contribution is 2.31. The third-order valence-corrected chi connectivity index (χ3v) is 4.47. The van der Waals surface area contributed by atoms with E-state index in [9.17, 15) is 4.79 Å². The molecule has 0 fully saturated rings. The lowest BCUT2D eigenvalue weighted by Gasteiger charge is -2.09. The van der Waals surface area contributed by atoms with Crippen molar-refractivity contribution < 1.29 is 4.79 Å². The van der Waals surface area contributed by atoms with E-state index >= 15 is 0 Å². The molecular formula is C20H15ClN4O. The van der Waals surface area contributed by atoms with Gasteiger partial charge in [-0.25, -0.2) is 9.98 Å². The van der Waals surface area contributed by atoms with Crippen molar-refractivity contribution in [3.05, 3.63) is 82.3 Å². The van der Waals surface area contributed by atoms with Gasteiger partial charge in [-0.15, -0.1) is 0 Å². The highest BCUT2D eigenvalue weighted by Gasteiger charge is 2.20. The SMILES string of the molecule is Cc1cnc2c(c1)CC(c1cc(NC(=O)c3cccnc3)ccc1Cl)=N2. The standard InChI is InChI=1S/C20H15ClN4O/c1-12-7-14-8-18(25-19(14)23-10-12)16-9-15(4-5-17(16)21)24-20(26)13-3-2-6-22-11-13/h2-7,9-11H,8H2,1H3,(H,24,26). The van der Waals surface area contributed by atoms with Crippen LogP contribution in [0.4, 0.5) is 11.5 Å². The number of benzene rings is 1. The van der Waals surface area contributed by atoms with E-state index in [0.717, 1.165) is 28.2 Å². The maximum atomic E-state index is 12.3. The molecule has 1 amide bonds. The highest BCUT2D eigenvalue weighted by molar-refractivity contribution is 6.34. The number of nitrogens with one attached hydrogen (secondary N) is 1. The van der Waals surface area contributed by atoms with Crippen LogP contribution in [0.15, 0.2) is 60.0 Å². The number of aromatic nitrogens is 2. The van der Waals surface area contributed by atoms with Gasteiger partial charge < -0.3 is 5.32 Å². The van der Waals surface area contributed by atoms with Crippen LogP contribution in [0.25, 0.3) is 0 Å². The first-order chi connectivity index (χ1) is 12.6. The average molecular weight is 363 g/mol. The fourth-order valence-electron chi connectivity index (χ4n) is 2.88. The predicted octanol–water partition coefficient (Wildman–Crippen LogP) is 4.37. The molecule has 0 unspecified atom stereocenters. The summed E-state index contributed by atoms with van der Waals surface area (Å²) in [4.78, 5) is 25.3. The summed E-state index contributed by atoms with van der Waals surface area (Å²) >= 11 is 6.38. The molecule has 128 valence electrons. The Labute approximate surface area is 155 Å². The lowest BCUT2D eigenvalue weighted by Crippen LogP contribution is -2.12. The second-order valence-electron chi connectivity index (χ2n) is 6.12. The van der Waals surface area contributed by atoms with Crippen molar-refractivity contribution in [2.45, 2.75) is 13.3 Å². The number of hydrogen-bond acceptors (Lipinski definition) is 4. The summed E-state index contributed by atoms with van der Waals surface area (Å²) in [6, 6.07) is 10.9. The summed E-state index contributed by atoms with van der Waals surface area (Å²) in [6.07, 6.45) is 5.63. The number of carbonyl (C=O) groups is 1. The normalized spacial score (nSPS) is 12.5. The van der Waals surface area contributed by atoms with Crippen molar-refractivity contribution in [3.63, 3.8) is 0 Å². The van der Waals surface area contributed by atoms with Crippen LogP contribution in [0.5, 0.6) is 0 Å². The lowest BCUT2D eigenvalue weighted by atomic mass is 10.0. The highest BCUT2D eigenvalue weighted by atomic mass is 35.5. The van der Waals surface area contributed by atoms with E-state index in [4.69, 9.17) is 11.6 Å². The Kier molecular flexibility index (Phi) is 4.22. The molecule has 6 heteroatoms. The molecule has 1 aliphatic rings. The Morgan fingerprint density at radius 3 is 2.88 bits per heavy atom. The van der Waals surface area contributed by atoms with Crippen LogP contribution < -0.4 is 5.32 Å². The fourth-order valence-corrected chi connectivity index (χ4v) is 3.11. The number of nitrogens with zero attached hydrogens (tertiary/aromatic N) is 3. The number of aryl methyl sites for hydroxylation is 1. The molecule has 3 heterocycles. The number of fused-ring (bicyclic) bond motifs is 1. The molecule has 26 heavy (non-hydrogen) atoms. The van der Waals surface area contributed by atoms with Crippen LogP contribution in [-0.2, 0) is 6.42 Å².